The van der Waals surface area contributed by atoms with Gasteiger partial charge in [0.1, 0.15) is 0 Å². The molecule has 1 aromatic heterocycles. The number of carbonyl (C=O) groups excluding carboxylic acids is 1. The molecule has 1 heterocycles. The van der Waals surface area contributed by atoms with Gasteiger partial charge in [0.25, 0.3) is 0 Å². The summed E-state index contributed by atoms with van der Waals surface area (Å²) in [6.45, 7) is 7.46. The Morgan fingerprint density at radius 2 is 2.00 bits per heavy atom. The number of nitrogens with one attached hydrogen (secondary N) is 1. The number of thiophene rings is 1. The minimum absolute atomic E-state index is 0.114. The van der Waals surface area contributed by atoms with E-state index >= 15 is 0 Å². The van der Waals surface area contributed by atoms with E-state index in [1.807, 2.05) is 47.9 Å². The number of nitrogens with zero attached hydrogens (tertiary/aromatic N) is 1. The Labute approximate surface area is 136 Å². The van der Waals surface area contributed by atoms with Gasteiger partial charge in [-0.3, -0.25) is 4.79 Å². The number of anilines is 2. The van der Waals surface area contributed by atoms with Crippen LogP contribution >= 0.6 is 11.3 Å². The summed E-state index contributed by atoms with van der Waals surface area (Å²) in [7, 11) is 0. The Balaban J connectivity index is 1.97. The van der Waals surface area contributed by atoms with Crippen molar-refractivity contribution in [1.82, 2.24) is 0 Å². The van der Waals surface area contributed by atoms with Gasteiger partial charge in [0.2, 0.25) is 5.91 Å². The fourth-order valence-electron chi connectivity index (χ4n) is 2.31. The smallest absolute Gasteiger partial charge is 0.248 e. The molecule has 0 saturated heterocycles. The van der Waals surface area contributed by atoms with E-state index in [0.29, 0.717) is 6.04 Å². The van der Waals surface area contributed by atoms with E-state index in [2.05, 4.69) is 31.0 Å². The molecule has 2 rings (SSSR count). The van der Waals surface area contributed by atoms with Crippen LogP contribution < -0.4 is 10.2 Å². The van der Waals surface area contributed by atoms with Crippen LogP contribution in [0.4, 0.5) is 11.4 Å². The maximum atomic E-state index is 11.9. The van der Waals surface area contributed by atoms with Gasteiger partial charge in [0, 0.05) is 34.9 Å². The minimum Gasteiger partial charge on any atom is -0.369 e. The van der Waals surface area contributed by atoms with Crippen LogP contribution in [0.2, 0.25) is 0 Å². The van der Waals surface area contributed by atoms with Gasteiger partial charge < -0.3 is 10.2 Å². The lowest BCUT2D eigenvalue weighted by Crippen LogP contribution is -2.30. The fraction of sp³-hybridized carbons (Fsp3) is 0.278. The third-order valence-corrected chi connectivity index (χ3v) is 4.21. The number of amides is 1. The average Bonchev–Trinajstić information content (AvgIpc) is 3.01. The first-order valence-corrected chi connectivity index (χ1v) is 8.37. The largest absolute Gasteiger partial charge is 0.369 e. The number of benzene rings is 1. The zero-order chi connectivity index (χ0) is 15.9. The predicted molar refractivity (Wildman–Crippen MR) is 96.6 cm³/mol. The lowest BCUT2D eigenvalue weighted by atomic mass is 10.2. The summed E-state index contributed by atoms with van der Waals surface area (Å²) >= 11 is 1.61. The highest BCUT2D eigenvalue weighted by Gasteiger charge is 2.08. The summed E-state index contributed by atoms with van der Waals surface area (Å²) in [6.07, 6.45) is 3.39. The summed E-state index contributed by atoms with van der Waals surface area (Å²) < 4.78 is 0. The van der Waals surface area contributed by atoms with Gasteiger partial charge >= 0.3 is 0 Å². The standard InChI is InChI=1S/C18H22N2OS/c1-4-20(14(2)3)16-9-7-15(8-10-16)19-18(21)12-11-17-6-5-13-22-17/h5-14H,4H2,1-3H3,(H,19,21). The van der Waals surface area contributed by atoms with Crippen LogP contribution in [-0.4, -0.2) is 18.5 Å². The van der Waals surface area contributed by atoms with E-state index in [-0.39, 0.29) is 5.91 Å². The van der Waals surface area contributed by atoms with Crippen LogP contribution in [0.1, 0.15) is 25.6 Å². The Kier molecular flexibility index (Phi) is 5.78. The molecule has 3 nitrogen and oxygen atoms in total. The number of rotatable bonds is 6. The maximum Gasteiger partial charge on any atom is 0.248 e. The monoisotopic (exact) mass is 314 g/mol. The minimum atomic E-state index is -0.114. The van der Waals surface area contributed by atoms with Crippen molar-refractivity contribution in [3.8, 4) is 0 Å². The Hall–Kier alpha value is -2.07. The fourth-order valence-corrected chi connectivity index (χ4v) is 2.93. The summed E-state index contributed by atoms with van der Waals surface area (Å²) in [5.41, 5.74) is 1.98. The highest BCUT2D eigenvalue weighted by atomic mass is 32.1. The first-order chi connectivity index (χ1) is 10.6. The third kappa shape index (κ3) is 4.46. The van der Waals surface area contributed by atoms with Crippen molar-refractivity contribution in [1.29, 1.82) is 0 Å². The SMILES string of the molecule is CCN(c1ccc(NC(=O)C=Cc2cccs2)cc1)C(C)C. The molecule has 0 aliphatic heterocycles. The molecular formula is C18H22N2OS. The normalized spacial score (nSPS) is 11.1. The first-order valence-electron chi connectivity index (χ1n) is 7.49. The molecule has 0 aliphatic carbocycles. The van der Waals surface area contributed by atoms with Gasteiger partial charge in [0.05, 0.1) is 0 Å². The first kappa shape index (κ1) is 16.3. The molecule has 0 unspecified atom stereocenters. The molecule has 4 heteroatoms. The van der Waals surface area contributed by atoms with Crippen LogP contribution in [0.5, 0.6) is 0 Å². The van der Waals surface area contributed by atoms with E-state index in [1.165, 1.54) is 5.69 Å². The molecule has 2 aromatic rings. The molecular weight excluding hydrogens is 292 g/mol. The van der Waals surface area contributed by atoms with Gasteiger partial charge in [-0.25, -0.2) is 0 Å². The van der Waals surface area contributed by atoms with E-state index in [9.17, 15) is 4.79 Å². The molecule has 1 N–H and O–H groups in total. The van der Waals surface area contributed by atoms with Gasteiger partial charge in [-0.05, 0) is 62.6 Å². The number of carbonyl (C=O) groups is 1. The summed E-state index contributed by atoms with van der Waals surface area (Å²) in [4.78, 5) is 15.3. The molecule has 0 saturated carbocycles. The highest BCUT2D eigenvalue weighted by Crippen LogP contribution is 2.20. The van der Waals surface area contributed by atoms with E-state index in [1.54, 1.807) is 17.4 Å². The highest BCUT2D eigenvalue weighted by molar-refractivity contribution is 7.10. The molecule has 0 fully saturated rings. The zero-order valence-electron chi connectivity index (χ0n) is 13.2. The Morgan fingerprint density at radius 1 is 1.27 bits per heavy atom. The van der Waals surface area contributed by atoms with Crippen molar-refractivity contribution in [3.63, 3.8) is 0 Å². The predicted octanol–water partition coefficient (Wildman–Crippen LogP) is 4.63. The third-order valence-electron chi connectivity index (χ3n) is 3.37. The van der Waals surface area contributed by atoms with Crippen LogP contribution in [-0.2, 0) is 4.79 Å². The molecule has 1 aromatic carbocycles. The van der Waals surface area contributed by atoms with Crippen molar-refractivity contribution in [2.45, 2.75) is 26.8 Å². The second-order valence-electron chi connectivity index (χ2n) is 5.26. The van der Waals surface area contributed by atoms with Crippen molar-refractivity contribution in [3.05, 3.63) is 52.7 Å². The van der Waals surface area contributed by atoms with Crippen molar-refractivity contribution >= 4 is 34.7 Å². The number of hydrogen-bond donors (Lipinski definition) is 1. The molecule has 0 atom stereocenters. The van der Waals surface area contributed by atoms with Crippen LogP contribution in [0, 0.1) is 0 Å². The lowest BCUT2D eigenvalue weighted by Gasteiger charge is -2.27. The van der Waals surface area contributed by atoms with Gasteiger partial charge in [-0.2, -0.15) is 0 Å². The van der Waals surface area contributed by atoms with E-state index < -0.39 is 0 Å². The second kappa shape index (κ2) is 7.80. The van der Waals surface area contributed by atoms with Crippen LogP contribution in [0.25, 0.3) is 6.08 Å². The molecule has 0 radical (unpaired) electrons. The molecule has 0 aliphatic rings. The molecule has 22 heavy (non-hydrogen) atoms. The van der Waals surface area contributed by atoms with E-state index in [0.717, 1.165) is 17.1 Å². The van der Waals surface area contributed by atoms with Crippen LogP contribution in [0.3, 0.4) is 0 Å². The van der Waals surface area contributed by atoms with Crippen molar-refractivity contribution in [2.75, 3.05) is 16.8 Å². The van der Waals surface area contributed by atoms with Gasteiger partial charge in [0.15, 0.2) is 0 Å². The maximum absolute atomic E-state index is 11.9. The molecule has 0 spiro atoms. The quantitative estimate of drug-likeness (QED) is 0.788. The second-order valence-corrected chi connectivity index (χ2v) is 6.24. The summed E-state index contributed by atoms with van der Waals surface area (Å²) in [5, 5.41) is 4.87. The van der Waals surface area contributed by atoms with Crippen molar-refractivity contribution in [2.24, 2.45) is 0 Å². The summed E-state index contributed by atoms with van der Waals surface area (Å²) in [6, 6.07) is 12.4. The van der Waals surface area contributed by atoms with Crippen molar-refractivity contribution < 1.29 is 4.79 Å². The Bertz CT molecular complexity index is 615. The van der Waals surface area contributed by atoms with E-state index in [4.69, 9.17) is 0 Å². The average molecular weight is 314 g/mol. The Morgan fingerprint density at radius 3 is 2.55 bits per heavy atom. The lowest BCUT2D eigenvalue weighted by molar-refractivity contribution is -0.111. The van der Waals surface area contributed by atoms with Gasteiger partial charge in [-0.1, -0.05) is 6.07 Å². The molecule has 0 bridgehead atoms. The van der Waals surface area contributed by atoms with Crippen LogP contribution in [0.15, 0.2) is 47.9 Å². The number of hydrogen-bond acceptors (Lipinski definition) is 3. The molecule has 116 valence electrons. The molecule has 1 amide bonds. The van der Waals surface area contributed by atoms with Gasteiger partial charge in [-0.15, -0.1) is 11.3 Å². The zero-order valence-corrected chi connectivity index (χ0v) is 14.1. The topological polar surface area (TPSA) is 32.3 Å². The summed E-state index contributed by atoms with van der Waals surface area (Å²) in [5.74, 6) is -0.114.